The van der Waals surface area contributed by atoms with Crippen molar-refractivity contribution < 1.29 is 28.6 Å². The number of carbonyl (C=O) groups excluding carboxylic acids is 3. The van der Waals surface area contributed by atoms with E-state index < -0.39 is 18.0 Å². The zero-order valence-electron chi connectivity index (χ0n) is 15.4. The lowest BCUT2D eigenvalue weighted by atomic mass is 10.1. The van der Waals surface area contributed by atoms with Crippen LogP contribution in [0.2, 0.25) is 0 Å². The average molecular weight is 394 g/mol. The molecule has 29 heavy (non-hydrogen) atoms. The molecule has 0 aliphatic carbocycles. The molecule has 1 saturated heterocycles. The van der Waals surface area contributed by atoms with Crippen LogP contribution in [0.4, 0.5) is 4.79 Å². The molecule has 148 valence electrons. The average Bonchev–Trinajstić information content (AvgIpc) is 3.33. The van der Waals surface area contributed by atoms with Gasteiger partial charge in [0.25, 0.3) is 5.91 Å². The Morgan fingerprint density at radius 3 is 2.62 bits per heavy atom. The minimum atomic E-state index is -0.707. The maximum atomic E-state index is 12.5. The maximum absolute atomic E-state index is 12.5. The second kappa shape index (κ2) is 8.05. The van der Waals surface area contributed by atoms with E-state index in [2.05, 4.69) is 5.32 Å². The summed E-state index contributed by atoms with van der Waals surface area (Å²) in [6.07, 6.45) is 2.33. The Kier molecular flexibility index (Phi) is 5.15. The number of nitrogens with one attached hydrogen (secondary N) is 1. The lowest BCUT2D eigenvalue weighted by molar-refractivity contribution is -0.126. The van der Waals surface area contributed by atoms with E-state index in [0.717, 1.165) is 16.0 Å². The van der Waals surface area contributed by atoms with Gasteiger partial charge in [-0.2, -0.15) is 0 Å². The van der Waals surface area contributed by atoms with E-state index in [-0.39, 0.29) is 25.9 Å². The molecule has 2 aliphatic heterocycles. The Balaban J connectivity index is 1.47. The molecular weight excluding hydrogens is 376 g/mol. The number of carbonyl (C=O) groups is 3. The molecule has 1 atom stereocenters. The van der Waals surface area contributed by atoms with Crippen LogP contribution in [0.5, 0.6) is 11.5 Å². The number of rotatable bonds is 6. The van der Waals surface area contributed by atoms with Crippen LogP contribution in [0.15, 0.2) is 54.6 Å². The van der Waals surface area contributed by atoms with E-state index in [1.54, 1.807) is 18.2 Å². The summed E-state index contributed by atoms with van der Waals surface area (Å²) in [7, 11) is 0. The van der Waals surface area contributed by atoms with Crippen LogP contribution >= 0.6 is 0 Å². The number of benzene rings is 2. The van der Waals surface area contributed by atoms with E-state index in [1.165, 1.54) is 6.08 Å². The fraction of sp³-hybridized carbons (Fsp3) is 0.190. The summed E-state index contributed by atoms with van der Waals surface area (Å²) >= 11 is 0. The van der Waals surface area contributed by atoms with Crippen molar-refractivity contribution >= 4 is 24.0 Å². The summed E-state index contributed by atoms with van der Waals surface area (Å²) < 4.78 is 15.3. The Labute approximate surface area is 166 Å². The van der Waals surface area contributed by atoms with Crippen LogP contribution in [0.1, 0.15) is 17.2 Å². The summed E-state index contributed by atoms with van der Waals surface area (Å²) in [5.41, 5.74) is 1.55. The molecule has 0 saturated carbocycles. The zero-order valence-corrected chi connectivity index (χ0v) is 15.4. The number of amides is 3. The summed E-state index contributed by atoms with van der Waals surface area (Å²) in [5, 5.41) is 2.84. The molecule has 3 amide bonds. The number of cyclic esters (lactones) is 1. The fourth-order valence-electron chi connectivity index (χ4n) is 3.07. The predicted octanol–water partition coefficient (Wildman–Crippen LogP) is 2.26. The van der Waals surface area contributed by atoms with Gasteiger partial charge in [-0.15, -0.1) is 0 Å². The van der Waals surface area contributed by atoms with Crippen molar-refractivity contribution in [3.05, 3.63) is 65.7 Å². The molecule has 8 nitrogen and oxygen atoms in total. The number of ether oxygens (including phenoxy) is 3. The minimum absolute atomic E-state index is 0.00865. The highest BCUT2D eigenvalue weighted by Gasteiger charge is 2.33. The van der Waals surface area contributed by atoms with Crippen LogP contribution in [0.3, 0.4) is 0 Å². The second-order valence-electron chi connectivity index (χ2n) is 6.48. The van der Waals surface area contributed by atoms with Crippen LogP contribution in [0, 0.1) is 0 Å². The molecule has 0 aromatic heterocycles. The Hall–Kier alpha value is -3.81. The third-order valence-corrected chi connectivity index (χ3v) is 4.55. The predicted molar refractivity (Wildman–Crippen MR) is 102 cm³/mol. The van der Waals surface area contributed by atoms with E-state index >= 15 is 0 Å². The molecule has 1 N–H and O–H groups in total. The smallest absolute Gasteiger partial charge is 0.417 e. The summed E-state index contributed by atoms with van der Waals surface area (Å²) in [4.78, 5) is 37.1. The highest BCUT2D eigenvalue weighted by atomic mass is 16.7. The standard InChI is InChI=1S/C21H18N2O6/c24-19(9-7-14-6-8-17-18(10-14)29-13-28-17)22-16(15-4-2-1-3-5-15)11-23-20(25)12-27-21(23)26/h1-10,16H,11-13H2,(H,22,24)/b9-7+. The van der Waals surface area contributed by atoms with Crippen LogP contribution in [-0.2, 0) is 14.3 Å². The van der Waals surface area contributed by atoms with Gasteiger partial charge in [-0.1, -0.05) is 36.4 Å². The van der Waals surface area contributed by atoms with Crippen molar-refractivity contribution in [2.75, 3.05) is 19.9 Å². The van der Waals surface area contributed by atoms with Gasteiger partial charge in [0, 0.05) is 6.08 Å². The zero-order chi connectivity index (χ0) is 20.2. The van der Waals surface area contributed by atoms with Gasteiger partial charge in [-0.25, -0.2) is 9.69 Å². The Bertz CT molecular complexity index is 956. The third-order valence-electron chi connectivity index (χ3n) is 4.55. The van der Waals surface area contributed by atoms with E-state index in [0.29, 0.717) is 11.5 Å². The number of fused-ring (bicyclic) bond motifs is 1. The largest absolute Gasteiger partial charge is 0.454 e. The molecule has 1 fully saturated rings. The molecule has 2 aliphatic rings. The first-order valence-electron chi connectivity index (χ1n) is 9.00. The molecule has 0 spiro atoms. The third kappa shape index (κ3) is 4.21. The Morgan fingerprint density at radius 1 is 1.07 bits per heavy atom. The number of hydrogen-bond acceptors (Lipinski definition) is 6. The molecule has 4 rings (SSSR count). The van der Waals surface area contributed by atoms with Crippen molar-refractivity contribution in [3.63, 3.8) is 0 Å². The topological polar surface area (TPSA) is 94.2 Å². The van der Waals surface area contributed by atoms with Crippen LogP contribution in [-0.4, -0.2) is 42.8 Å². The van der Waals surface area contributed by atoms with Crippen molar-refractivity contribution in [1.82, 2.24) is 10.2 Å². The quantitative estimate of drug-likeness (QED) is 0.756. The van der Waals surface area contributed by atoms with Gasteiger partial charge in [-0.05, 0) is 29.3 Å². The van der Waals surface area contributed by atoms with Crippen molar-refractivity contribution in [1.29, 1.82) is 0 Å². The monoisotopic (exact) mass is 394 g/mol. The molecule has 2 heterocycles. The summed E-state index contributed by atoms with van der Waals surface area (Å²) in [6, 6.07) is 13.9. The van der Waals surface area contributed by atoms with Crippen LogP contribution in [0.25, 0.3) is 6.08 Å². The molecule has 8 heteroatoms. The van der Waals surface area contributed by atoms with E-state index in [1.807, 2.05) is 36.4 Å². The number of nitrogens with zero attached hydrogens (tertiary/aromatic N) is 1. The molecule has 0 radical (unpaired) electrons. The maximum Gasteiger partial charge on any atom is 0.417 e. The van der Waals surface area contributed by atoms with Crippen molar-refractivity contribution in [2.24, 2.45) is 0 Å². The van der Waals surface area contributed by atoms with E-state index in [4.69, 9.17) is 14.2 Å². The van der Waals surface area contributed by atoms with Gasteiger partial charge in [-0.3, -0.25) is 9.59 Å². The fourth-order valence-corrected chi connectivity index (χ4v) is 3.07. The van der Waals surface area contributed by atoms with Gasteiger partial charge in [0.1, 0.15) is 0 Å². The summed E-state index contributed by atoms with van der Waals surface area (Å²) in [5.74, 6) is 0.497. The summed E-state index contributed by atoms with van der Waals surface area (Å²) in [6.45, 7) is -0.108. The van der Waals surface area contributed by atoms with Crippen molar-refractivity contribution in [2.45, 2.75) is 6.04 Å². The molecule has 0 bridgehead atoms. The highest BCUT2D eigenvalue weighted by Crippen LogP contribution is 2.32. The highest BCUT2D eigenvalue weighted by molar-refractivity contribution is 5.98. The molecule has 2 aromatic carbocycles. The molecule has 1 unspecified atom stereocenters. The number of hydrogen-bond donors (Lipinski definition) is 1. The van der Waals surface area contributed by atoms with Gasteiger partial charge in [0.2, 0.25) is 12.7 Å². The Morgan fingerprint density at radius 2 is 1.86 bits per heavy atom. The molecular formula is C21H18N2O6. The van der Waals surface area contributed by atoms with Gasteiger partial charge in [0.15, 0.2) is 18.1 Å². The molecule has 2 aromatic rings. The first-order valence-corrected chi connectivity index (χ1v) is 9.00. The minimum Gasteiger partial charge on any atom is -0.454 e. The lowest BCUT2D eigenvalue weighted by Gasteiger charge is -2.22. The van der Waals surface area contributed by atoms with Gasteiger partial charge in [0.05, 0.1) is 12.6 Å². The van der Waals surface area contributed by atoms with Crippen LogP contribution < -0.4 is 14.8 Å². The van der Waals surface area contributed by atoms with Crippen molar-refractivity contribution in [3.8, 4) is 11.5 Å². The number of imide groups is 1. The van der Waals surface area contributed by atoms with E-state index in [9.17, 15) is 14.4 Å². The van der Waals surface area contributed by atoms with Gasteiger partial charge < -0.3 is 19.5 Å². The first kappa shape index (κ1) is 18.5. The second-order valence-corrected chi connectivity index (χ2v) is 6.48. The van der Waals surface area contributed by atoms with Gasteiger partial charge >= 0.3 is 6.09 Å². The lowest BCUT2D eigenvalue weighted by Crippen LogP contribution is -2.40. The SMILES string of the molecule is O=C(/C=C/c1ccc2c(c1)OCO2)NC(CN1C(=O)COC1=O)c1ccccc1. The first-order chi connectivity index (χ1) is 14.1. The normalized spacial score (nSPS) is 16.2.